The van der Waals surface area contributed by atoms with Crippen molar-refractivity contribution in [3.8, 4) is 5.75 Å². The van der Waals surface area contributed by atoms with E-state index in [9.17, 15) is 0 Å². The predicted molar refractivity (Wildman–Crippen MR) is 108 cm³/mol. The average molecular weight is 449 g/mol. The Bertz CT molecular complexity index is 536. The first kappa shape index (κ1) is 24.6. The van der Waals surface area contributed by atoms with E-state index in [1.807, 2.05) is 0 Å². The van der Waals surface area contributed by atoms with Gasteiger partial charge < -0.3 is 9.64 Å². The maximum atomic E-state index is 5.80. The number of hydrogen-bond donors (Lipinski definition) is 0. The summed E-state index contributed by atoms with van der Waals surface area (Å²) in [6.45, 7) is 8.26. The Balaban J connectivity index is 0.00000134. The third-order valence-corrected chi connectivity index (χ3v) is 3.75. The molecule has 25 heavy (non-hydrogen) atoms. The van der Waals surface area contributed by atoms with Gasteiger partial charge in [-0.05, 0) is 42.8 Å². The van der Waals surface area contributed by atoms with Crippen LogP contribution in [0.4, 0.5) is 0 Å². The minimum absolute atomic E-state index is 0. The summed E-state index contributed by atoms with van der Waals surface area (Å²) in [4.78, 5) is 2.36. The van der Waals surface area contributed by atoms with E-state index >= 15 is 0 Å². The molecule has 0 fully saturated rings. The van der Waals surface area contributed by atoms with Gasteiger partial charge in [-0.25, -0.2) is 0 Å². The molecule has 0 saturated carbocycles. The molecule has 2 aromatic carbocycles. The van der Waals surface area contributed by atoms with Gasteiger partial charge in [-0.3, -0.25) is 0 Å². The second kappa shape index (κ2) is 15.8. The van der Waals surface area contributed by atoms with Crippen molar-refractivity contribution in [2.45, 2.75) is 20.3 Å². The van der Waals surface area contributed by atoms with Gasteiger partial charge in [0.05, 0.1) is 0 Å². The second-order valence-corrected chi connectivity index (χ2v) is 6.86. The van der Waals surface area contributed by atoms with Crippen LogP contribution in [0.5, 0.6) is 5.75 Å². The molecular formula is C19H26Cl3NNiO. The fraction of sp³-hybridized carbons (Fsp3) is 0.368. The summed E-state index contributed by atoms with van der Waals surface area (Å²) in [7, 11) is 9.40. The van der Waals surface area contributed by atoms with Crippen LogP contribution >= 0.6 is 32.8 Å². The number of likely N-dealkylation sites (N-methyl/N-ethyl adjacent to an activating group) is 1. The van der Waals surface area contributed by atoms with Crippen LogP contribution in [0.25, 0.3) is 0 Å². The fourth-order valence-electron chi connectivity index (χ4n) is 2.37. The molecule has 0 atom stereocenters. The van der Waals surface area contributed by atoms with E-state index in [0.717, 1.165) is 38.4 Å². The maximum absolute atomic E-state index is 5.80. The molecule has 0 radical (unpaired) electrons. The number of rotatable bonds is 8. The van der Waals surface area contributed by atoms with Gasteiger partial charge in [0.2, 0.25) is 0 Å². The van der Waals surface area contributed by atoms with Gasteiger partial charge in [-0.1, -0.05) is 56.3 Å². The quantitative estimate of drug-likeness (QED) is 0.473. The molecule has 2 nitrogen and oxygen atoms in total. The Kier molecular flexibility index (Phi) is 15.5. The van der Waals surface area contributed by atoms with E-state index < -0.39 is 0 Å². The van der Waals surface area contributed by atoms with Gasteiger partial charge in [0.25, 0.3) is 0 Å². The van der Waals surface area contributed by atoms with Crippen LogP contribution in [0.2, 0.25) is 0 Å². The summed E-state index contributed by atoms with van der Waals surface area (Å²) in [5, 5.41) is 0. The van der Waals surface area contributed by atoms with Gasteiger partial charge >= 0.3 is 33.0 Å². The molecule has 0 heterocycles. The summed E-state index contributed by atoms with van der Waals surface area (Å²) in [6, 6.07) is 19.0. The molecule has 0 aromatic heterocycles. The van der Waals surface area contributed by atoms with Crippen molar-refractivity contribution >= 4 is 32.8 Å². The van der Waals surface area contributed by atoms with Crippen molar-refractivity contribution in [1.82, 2.24) is 4.90 Å². The summed E-state index contributed by atoms with van der Waals surface area (Å²) in [6.07, 6.45) is 0.973. The predicted octanol–water partition coefficient (Wildman–Crippen LogP) is 5.80. The van der Waals surface area contributed by atoms with E-state index in [1.54, 1.807) is 0 Å². The van der Waals surface area contributed by atoms with Crippen LogP contribution in [0.3, 0.4) is 0 Å². The molecule has 0 spiro atoms. The van der Waals surface area contributed by atoms with Crippen LogP contribution in [0, 0.1) is 0 Å². The van der Waals surface area contributed by atoms with Crippen molar-refractivity contribution in [2.24, 2.45) is 0 Å². The third-order valence-electron chi connectivity index (χ3n) is 3.75. The van der Waals surface area contributed by atoms with Crippen molar-refractivity contribution in [3.63, 3.8) is 0 Å². The number of halogens is 3. The van der Waals surface area contributed by atoms with Crippen molar-refractivity contribution in [3.05, 3.63) is 65.7 Å². The van der Waals surface area contributed by atoms with Crippen molar-refractivity contribution in [1.29, 1.82) is 0 Å². The van der Waals surface area contributed by atoms with Gasteiger partial charge in [-0.15, -0.1) is 12.4 Å². The molecule has 2 aromatic rings. The monoisotopic (exact) mass is 447 g/mol. The molecule has 0 aliphatic heterocycles. The van der Waals surface area contributed by atoms with E-state index in [-0.39, 0.29) is 12.4 Å². The first-order chi connectivity index (χ1) is 11.7. The van der Waals surface area contributed by atoms with Crippen LogP contribution in [0.15, 0.2) is 54.6 Å². The Morgan fingerprint density at radius 1 is 0.880 bits per heavy atom. The SMILES string of the molecule is CCN(CC)CCOc1ccc(Cc2ccccc2)cc1.Cl.[Cl][Ni][Cl]. The normalized spacial score (nSPS) is 9.96. The van der Waals surface area contributed by atoms with Crippen molar-refractivity contribution in [2.75, 3.05) is 26.2 Å². The number of ether oxygens (including phenoxy) is 1. The summed E-state index contributed by atoms with van der Waals surface area (Å²) in [5.41, 5.74) is 2.66. The fourth-order valence-corrected chi connectivity index (χ4v) is 2.37. The van der Waals surface area contributed by atoms with E-state index in [4.69, 9.17) is 25.1 Å². The molecule has 6 heteroatoms. The molecule has 144 valence electrons. The van der Waals surface area contributed by atoms with Gasteiger partial charge in [-0.2, -0.15) is 0 Å². The first-order valence-electron chi connectivity index (χ1n) is 8.03. The molecule has 0 amide bonds. The van der Waals surface area contributed by atoms with Crippen LogP contribution in [-0.2, 0) is 19.1 Å². The molecule has 0 N–H and O–H groups in total. The third kappa shape index (κ3) is 11.0. The molecule has 0 unspecified atom stereocenters. The number of nitrogens with zero attached hydrogens (tertiary/aromatic N) is 1. The summed E-state index contributed by atoms with van der Waals surface area (Å²) in [5.74, 6) is 0.957. The second-order valence-electron chi connectivity index (χ2n) is 5.23. The molecule has 0 saturated heterocycles. The van der Waals surface area contributed by atoms with Crippen LogP contribution in [0.1, 0.15) is 25.0 Å². The Morgan fingerprint density at radius 2 is 1.40 bits per heavy atom. The Morgan fingerprint density at radius 3 is 1.92 bits per heavy atom. The van der Waals surface area contributed by atoms with Gasteiger partial charge in [0.15, 0.2) is 0 Å². The zero-order valence-electron chi connectivity index (χ0n) is 14.6. The molecule has 0 aliphatic carbocycles. The van der Waals surface area contributed by atoms with E-state index in [1.165, 1.54) is 11.1 Å². The minimum atomic E-state index is 0. The molecule has 0 aliphatic rings. The van der Waals surface area contributed by atoms with Crippen LogP contribution in [-0.4, -0.2) is 31.1 Å². The van der Waals surface area contributed by atoms with Gasteiger partial charge in [0.1, 0.15) is 12.4 Å². The topological polar surface area (TPSA) is 12.5 Å². The Hall–Kier alpha value is -0.436. The van der Waals surface area contributed by atoms with E-state index in [2.05, 4.69) is 73.3 Å². The number of hydrogen-bond acceptors (Lipinski definition) is 2. The molecule has 0 bridgehead atoms. The zero-order chi connectivity index (χ0) is 17.6. The van der Waals surface area contributed by atoms with Crippen LogP contribution < -0.4 is 4.74 Å². The number of benzene rings is 2. The standard InChI is InChI=1S/C19H25NO.3ClH.Ni/c1-3-20(4-2)14-15-21-19-12-10-18(11-13-19)16-17-8-6-5-7-9-17;;;;/h5-13H,3-4,14-16H2,1-2H3;3*1H;/q;;;;+2/p-2. The zero-order valence-corrected chi connectivity index (χ0v) is 17.9. The average Bonchev–Trinajstić information content (AvgIpc) is 2.62. The van der Waals surface area contributed by atoms with Crippen molar-refractivity contribution < 1.29 is 17.4 Å². The summed E-state index contributed by atoms with van der Waals surface area (Å²) < 4.78 is 5.80. The Labute approximate surface area is 172 Å². The molecule has 2 rings (SSSR count). The molecular weight excluding hydrogens is 423 g/mol. The summed E-state index contributed by atoms with van der Waals surface area (Å²) >= 11 is 0.569. The van der Waals surface area contributed by atoms with Gasteiger partial charge in [0, 0.05) is 6.54 Å². The van der Waals surface area contributed by atoms with E-state index in [0.29, 0.717) is 12.7 Å². The first-order valence-corrected chi connectivity index (χ1v) is 10.8.